The molecule has 0 radical (unpaired) electrons. The summed E-state index contributed by atoms with van der Waals surface area (Å²) in [7, 11) is -3.23. The lowest BCUT2D eigenvalue weighted by molar-refractivity contribution is -0.0772. The molecule has 28 heavy (non-hydrogen) atoms. The summed E-state index contributed by atoms with van der Waals surface area (Å²) in [6.45, 7) is 3.21. The van der Waals surface area contributed by atoms with E-state index in [9.17, 15) is 13.2 Å². The maximum Gasteiger partial charge on any atom is 0.277 e. The molecule has 0 bridgehead atoms. The number of sulfone groups is 1. The molecule has 1 amide bonds. The van der Waals surface area contributed by atoms with Crippen molar-refractivity contribution in [3.63, 3.8) is 0 Å². The van der Waals surface area contributed by atoms with E-state index < -0.39 is 9.84 Å². The molecule has 3 aromatic rings. The van der Waals surface area contributed by atoms with Crippen LogP contribution in [-0.4, -0.2) is 38.8 Å². The third kappa shape index (κ3) is 3.53. The van der Waals surface area contributed by atoms with Crippen LogP contribution in [0.1, 0.15) is 17.3 Å². The van der Waals surface area contributed by atoms with E-state index in [1.807, 2.05) is 48.5 Å². The molecule has 0 aromatic heterocycles. The number of hydrogen-bond donors (Lipinski definition) is 0. The fraction of sp³-hybridized carbons (Fsp3) is 0.227. The summed E-state index contributed by atoms with van der Waals surface area (Å²) in [6.07, 6.45) is 1.20. The van der Waals surface area contributed by atoms with Crippen molar-refractivity contribution >= 4 is 26.5 Å². The van der Waals surface area contributed by atoms with Gasteiger partial charge in [0.1, 0.15) is 0 Å². The monoisotopic (exact) mass is 395 g/mol. The van der Waals surface area contributed by atoms with E-state index >= 15 is 0 Å². The highest BCUT2D eigenvalue weighted by Crippen LogP contribution is 2.30. The maximum atomic E-state index is 12.7. The molecule has 6 heteroatoms. The second-order valence-electron chi connectivity index (χ2n) is 7.31. The highest BCUT2D eigenvalue weighted by atomic mass is 32.2. The van der Waals surface area contributed by atoms with Crippen LogP contribution in [0.5, 0.6) is 0 Å². The third-order valence-corrected chi connectivity index (χ3v) is 6.07. The molecule has 144 valence electrons. The lowest BCUT2D eigenvalue weighted by Crippen LogP contribution is -2.27. The van der Waals surface area contributed by atoms with E-state index in [0.717, 1.165) is 21.9 Å². The first-order valence-corrected chi connectivity index (χ1v) is 11.0. The molecule has 1 unspecified atom stereocenters. The Bertz CT molecular complexity index is 1150. The second-order valence-corrected chi connectivity index (χ2v) is 9.32. The van der Waals surface area contributed by atoms with Crippen molar-refractivity contribution in [2.24, 2.45) is 5.92 Å². The molecular weight excluding hydrogens is 374 g/mol. The molecule has 1 heterocycles. The minimum Gasteiger partial charge on any atom is -0.270 e. The van der Waals surface area contributed by atoms with Crippen LogP contribution in [-0.2, 0) is 14.7 Å². The van der Waals surface area contributed by atoms with E-state index in [2.05, 4.69) is 6.92 Å². The van der Waals surface area contributed by atoms with Crippen molar-refractivity contribution in [3.05, 3.63) is 66.2 Å². The number of amides is 1. The van der Waals surface area contributed by atoms with E-state index in [0.29, 0.717) is 29.5 Å². The molecule has 4 rings (SSSR count). The zero-order chi connectivity index (χ0) is 19.9. The van der Waals surface area contributed by atoms with Gasteiger partial charge in [0.25, 0.3) is 5.91 Å². The summed E-state index contributed by atoms with van der Waals surface area (Å²) in [5, 5.41) is 3.38. The number of hydrogen-bond acceptors (Lipinski definition) is 4. The van der Waals surface area contributed by atoms with Crippen molar-refractivity contribution in [1.29, 1.82) is 0 Å². The minimum absolute atomic E-state index is 0.130. The standard InChI is InChI=1S/C22H21NO4S/c1-15-13-23(27-14-15)22(24)18-8-11-21-17(12-18)4-3-5-20(21)16-6-9-19(10-7-16)28(2,25)26/h3-12,15H,13-14H2,1-2H3. The zero-order valence-corrected chi connectivity index (χ0v) is 16.6. The van der Waals surface area contributed by atoms with Crippen LogP contribution in [0.2, 0.25) is 0 Å². The maximum absolute atomic E-state index is 12.7. The van der Waals surface area contributed by atoms with Crippen LogP contribution in [0.4, 0.5) is 0 Å². The minimum atomic E-state index is -3.23. The summed E-state index contributed by atoms with van der Waals surface area (Å²) in [5.41, 5.74) is 2.50. The molecule has 1 aliphatic rings. The topological polar surface area (TPSA) is 63.7 Å². The highest BCUT2D eigenvalue weighted by Gasteiger charge is 2.25. The Labute approximate surface area is 164 Å². The van der Waals surface area contributed by atoms with E-state index in [1.165, 1.54) is 11.3 Å². The Kier molecular flexibility index (Phi) is 4.69. The van der Waals surface area contributed by atoms with Crippen molar-refractivity contribution in [2.75, 3.05) is 19.4 Å². The van der Waals surface area contributed by atoms with E-state index in [1.54, 1.807) is 12.1 Å². The van der Waals surface area contributed by atoms with Gasteiger partial charge in [-0.2, -0.15) is 0 Å². The van der Waals surface area contributed by atoms with Gasteiger partial charge in [-0.3, -0.25) is 9.63 Å². The molecule has 1 aliphatic heterocycles. The molecule has 0 aliphatic carbocycles. The fourth-order valence-electron chi connectivity index (χ4n) is 3.44. The number of fused-ring (bicyclic) bond motifs is 1. The SMILES string of the molecule is CC1CON(C(=O)c2ccc3c(-c4ccc(S(C)(=O)=O)cc4)cccc3c2)C1. The fourth-order valence-corrected chi connectivity index (χ4v) is 4.07. The Balaban J connectivity index is 1.70. The van der Waals surface area contributed by atoms with Crippen LogP contribution >= 0.6 is 0 Å². The quantitative estimate of drug-likeness (QED) is 0.674. The average molecular weight is 395 g/mol. The second kappa shape index (κ2) is 7.04. The predicted molar refractivity (Wildman–Crippen MR) is 109 cm³/mol. The van der Waals surface area contributed by atoms with E-state index in [-0.39, 0.29) is 5.91 Å². The van der Waals surface area contributed by atoms with Gasteiger partial charge in [-0.25, -0.2) is 13.5 Å². The van der Waals surface area contributed by atoms with Gasteiger partial charge < -0.3 is 0 Å². The van der Waals surface area contributed by atoms with Crippen molar-refractivity contribution in [2.45, 2.75) is 11.8 Å². The van der Waals surface area contributed by atoms with Crippen LogP contribution in [0.25, 0.3) is 21.9 Å². The molecule has 3 aromatic carbocycles. The van der Waals surface area contributed by atoms with E-state index in [4.69, 9.17) is 4.84 Å². The van der Waals surface area contributed by atoms with Crippen LogP contribution in [0.3, 0.4) is 0 Å². The van der Waals surface area contributed by atoms with Gasteiger partial charge in [-0.1, -0.05) is 43.3 Å². The lowest BCUT2D eigenvalue weighted by Gasteiger charge is -2.15. The molecule has 1 saturated heterocycles. The molecule has 0 N–H and O–H groups in total. The van der Waals surface area contributed by atoms with Gasteiger partial charge in [0.2, 0.25) is 0 Å². The first-order valence-electron chi connectivity index (χ1n) is 9.11. The van der Waals surface area contributed by atoms with Crippen molar-refractivity contribution < 1.29 is 18.0 Å². The van der Waals surface area contributed by atoms with Gasteiger partial charge in [0.05, 0.1) is 18.0 Å². The molecule has 1 fully saturated rings. The Morgan fingerprint density at radius 2 is 1.82 bits per heavy atom. The van der Waals surface area contributed by atoms with Crippen molar-refractivity contribution in [1.82, 2.24) is 5.06 Å². The summed E-state index contributed by atoms with van der Waals surface area (Å²) in [5.74, 6) is 0.208. The number of hydroxylamine groups is 2. The molecular formula is C22H21NO4S. The average Bonchev–Trinajstić information content (AvgIpc) is 3.12. The van der Waals surface area contributed by atoms with Crippen LogP contribution in [0, 0.1) is 5.92 Å². The van der Waals surface area contributed by atoms with Gasteiger partial charge in [-0.15, -0.1) is 0 Å². The zero-order valence-electron chi connectivity index (χ0n) is 15.8. The van der Waals surface area contributed by atoms with Crippen LogP contribution in [0.15, 0.2) is 65.6 Å². The summed E-state index contributed by atoms with van der Waals surface area (Å²) < 4.78 is 23.4. The third-order valence-electron chi connectivity index (χ3n) is 4.94. The Morgan fingerprint density at radius 3 is 2.46 bits per heavy atom. The van der Waals surface area contributed by atoms with Crippen molar-refractivity contribution in [3.8, 4) is 11.1 Å². The number of carbonyl (C=O) groups is 1. The summed E-state index contributed by atoms with van der Waals surface area (Å²) >= 11 is 0. The summed E-state index contributed by atoms with van der Waals surface area (Å²) in [6, 6.07) is 18.4. The van der Waals surface area contributed by atoms with Gasteiger partial charge in [0, 0.05) is 17.7 Å². The smallest absolute Gasteiger partial charge is 0.270 e. The first kappa shape index (κ1) is 18.7. The van der Waals surface area contributed by atoms with Gasteiger partial charge in [0.15, 0.2) is 9.84 Å². The van der Waals surface area contributed by atoms with Crippen LogP contribution < -0.4 is 0 Å². The van der Waals surface area contributed by atoms with Gasteiger partial charge >= 0.3 is 0 Å². The molecule has 0 saturated carbocycles. The molecule has 1 atom stereocenters. The lowest BCUT2D eigenvalue weighted by atomic mass is 9.97. The largest absolute Gasteiger partial charge is 0.277 e. The Hall–Kier alpha value is -2.70. The highest BCUT2D eigenvalue weighted by molar-refractivity contribution is 7.90. The summed E-state index contributed by atoms with van der Waals surface area (Å²) in [4.78, 5) is 18.4. The first-order chi connectivity index (χ1) is 13.3. The predicted octanol–water partition coefficient (Wildman–Crippen LogP) is 3.93. The molecule has 5 nitrogen and oxygen atoms in total. The van der Waals surface area contributed by atoms with Gasteiger partial charge in [-0.05, 0) is 46.2 Å². The molecule has 0 spiro atoms. The normalized spacial score (nSPS) is 17.2. The Morgan fingerprint density at radius 1 is 1.07 bits per heavy atom. The number of nitrogens with zero attached hydrogens (tertiary/aromatic N) is 1. The number of carbonyl (C=O) groups excluding carboxylic acids is 1. The number of benzene rings is 3. The number of rotatable bonds is 3.